The van der Waals surface area contributed by atoms with Gasteiger partial charge >= 0.3 is 0 Å². The van der Waals surface area contributed by atoms with E-state index in [4.69, 9.17) is 9.47 Å². The molecule has 6 heteroatoms. The molecular weight excluding hydrogens is 260 g/mol. The van der Waals surface area contributed by atoms with Crippen molar-refractivity contribution in [2.24, 2.45) is 11.8 Å². The molecule has 0 heterocycles. The van der Waals surface area contributed by atoms with Crippen LogP contribution in [0.2, 0.25) is 0 Å². The van der Waals surface area contributed by atoms with Crippen molar-refractivity contribution in [1.29, 1.82) is 0 Å². The third-order valence-electron chi connectivity index (χ3n) is 3.39. The van der Waals surface area contributed by atoms with Crippen molar-refractivity contribution >= 4 is 11.8 Å². The predicted molar refractivity (Wildman–Crippen MR) is 72.4 cm³/mol. The summed E-state index contributed by atoms with van der Waals surface area (Å²) in [6.45, 7) is 2.00. The van der Waals surface area contributed by atoms with Crippen LogP contribution in [0.1, 0.15) is 23.7 Å². The summed E-state index contributed by atoms with van der Waals surface area (Å²) >= 11 is 0. The Labute approximate surface area is 117 Å². The number of rotatable bonds is 4. The molecule has 2 rings (SSSR count). The lowest BCUT2D eigenvalue weighted by atomic mass is 10.2. The van der Waals surface area contributed by atoms with Gasteiger partial charge in [-0.2, -0.15) is 0 Å². The SMILES string of the molecule is COc1ccc(C(=O)NNC(=O)C2CC2C)cc1OC. The summed E-state index contributed by atoms with van der Waals surface area (Å²) in [6.07, 6.45) is 0.873. The van der Waals surface area contributed by atoms with Gasteiger partial charge in [0.15, 0.2) is 11.5 Å². The average Bonchev–Trinajstić information content (AvgIpc) is 3.20. The molecule has 1 aliphatic rings. The molecule has 2 atom stereocenters. The molecule has 1 saturated carbocycles. The van der Waals surface area contributed by atoms with Crippen molar-refractivity contribution in [2.45, 2.75) is 13.3 Å². The van der Waals surface area contributed by atoms with Crippen LogP contribution in [0.5, 0.6) is 11.5 Å². The summed E-state index contributed by atoms with van der Waals surface area (Å²) < 4.78 is 10.2. The van der Waals surface area contributed by atoms with Crippen molar-refractivity contribution in [3.05, 3.63) is 23.8 Å². The number of hydrazine groups is 1. The second-order valence-electron chi connectivity index (χ2n) is 4.83. The molecule has 1 aromatic carbocycles. The molecule has 0 bridgehead atoms. The van der Waals surface area contributed by atoms with E-state index in [1.165, 1.54) is 14.2 Å². The number of nitrogens with one attached hydrogen (secondary N) is 2. The maximum atomic E-state index is 11.9. The van der Waals surface area contributed by atoms with E-state index in [0.29, 0.717) is 23.0 Å². The molecule has 20 heavy (non-hydrogen) atoms. The fourth-order valence-electron chi connectivity index (χ4n) is 1.95. The molecule has 0 spiro atoms. The first kappa shape index (κ1) is 14.2. The normalized spacial score (nSPS) is 19.9. The highest BCUT2D eigenvalue weighted by molar-refractivity contribution is 5.96. The second-order valence-corrected chi connectivity index (χ2v) is 4.83. The molecule has 2 unspecified atom stereocenters. The lowest BCUT2D eigenvalue weighted by Crippen LogP contribution is -2.42. The summed E-state index contributed by atoms with van der Waals surface area (Å²) in [5.41, 5.74) is 5.20. The number of carbonyl (C=O) groups is 2. The summed E-state index contributed by atoms with van der Waals surface area (Å²) in [7, 11) is 3.02. The smallest absolute Gasteiger partial charge is 0.269 e. The lowest BCUT2D eigenvalue weighted by Gasteiger charge is -2.10. The minimum atomic E-state index is -0.396. The van der Waals surface area contributed by atoms with Crippen LogP contribution in [0.15, 0.2) is 18.2 Å². The first-order valence-corrected chi connectivity index (χ1v) is 6.39. The van der Waals surface area contributed by atoms with Crippen molar-refractivity contribution in [2.75, 3.05) is 14.2 Å². The van der Waals surface area contributed by atoms with Crippen LogP contribution in [0.25, 0.3) is 0 Å². The fourth-order valence-corrected chi connectivity index (χ4v) is 1.95. The lowest BCUT2D eigenvalue weighted by molar-refractivity contribution is -0.123. The Kier molecular flexibility index (Phi) is 4.12. The topological polar surface area (TPSA) is 76.7 Å². The van der Waals surface area contributed by atoms with Gasteiger partial charge in [-0.1, -0.05) is 6.92 Å². The van der Waals surface area contributed by atoms with Gasteiger partial charge in [0.2, 0.25) is 5.91 Å². The first-order valence-electron chi connectivity index (χ1n) is 6.39. The molecule has 6 nitrogen and oxygen atoms in total. The van der Waals surface area contributed by atoms with Crippen molar-refractivity contribution < 1.29 is 19.1 Å². The van der Waals surface area contributed by atoms with E-state index in [1.807, 2.05) is 6.92 Å². The van der Waals surface area contributed by atoms with E-state index in [1.54, 1.807) is 18.2 Å². The van der Waals surface area contributed by atoms with Crippen LogP contribution in [-0.4, -0.2) is 26.0 Å². The largest absolute Gasteiger partial charge is 0.493 e. The molecule has 2 N–H and O–H groups in total. The fraction of sp³-hybridized carbons (Fsp3) is 0.429. The van der Waals surface area contributed by atoms with Crippen LogP contribution >= 0.6 is 0 Å². The Bertz CT molecular complexity index is 530. The van der Waals surface area contributed by atoms with Crippen LogP contribution in [0.4, 0.5) is 0 Å². The number of ether oxygens (including phenoxy) is 2. The standard InChI is InChI=1S/C14H18N2O4/c1-8-6-10(8)14(18)16-15-13(17)9-4-5-11(19-2)12(7-9)20-3/h4-5,7-8,10H,6H2,1-3H3,(H,15,17)(H,16,18). The number of benzene rings is 1. The zero-order chi connectivity index (χ0) is 14.7. The highest BCUT2D eigenvalue weighted by Crippen LogP contribution is 2.37. The molecule has 0 saturated heterocycles. The molecule has 1 aliphatic carbocycles. The van der Waals surface area contributed by atoms with Gasteiger partial charge in [-0.15, -0.1) is 0 Å². The molecule has 0 aliphatic heterocycles. The highest BCUT2D eigenvalue weighted by atomic mass is 16.5. The number of amides is 2. The third-order valence-corrected chi connectivity index (χ3v) is 3.39. The summed E-state index contributed by atoms with van der Waals surface area (Å²) in [5.74, 6) is 0.870. The van der Waals surface area contributed by atoms with Gasteiger partial charge in [0.05, 0.1) is 14.2 Å². The Hall–Kier alpha value is -2.24. The maximum absolute atomic E-state index is 11.9. The van der Waals surface area contributed by atoms with Crippen LogP contribution in [0, 0.1) is 11.8 Å². The summed E-state index contributed by atoms with van der Waals surface area (Å²) in [4.78, 5) is 23.5. The van der Waals surface area contributed by atoms with E-state index < -0.39 is 5.91 Å². The summed E-state index contributed by atoms with van der Waals surface area (Å²) in [5, 5.41) is 0. The molecule has 2 amide bonds. The predicted octanol–water partition coefficient (Wildman–Crippen LogP) is 1.12. The van der Waals surface area contributed by atoms with Crippen molar-refractivity contribution in [3.8, 4) is 11.5 Å². The molecule has 108 valence electrons. The maximum Gasteiger partial charge on any atom is 0.269 e. The van der Waals surface area contributed by atoms with Crippen LogP contribution in [0.3, 0.4) is 0 Å². The van der Waals surface area contributed by atoms with E-state index in [-0.39, 0.29) is 11.8 Å². The zero-order valence-corrected chi connectivity index (χ0v) is 11.7. The van der Waals surface area contributed by atoms with Gasteiger partial charge in [0, 0.05) is 11.5 Å². The number of methoxy groups -OCH3 is 2. The minimum Gasteiger partial charge on any atom is -0.493 e. The Morgan fingerprint density at radius 1 is 1.15 bits per heavy atom. The molecule has 0 radical (unpaired) electrons. The van der Waals surface area contributed by atoms with E-state index >= 15 is 0 Å². The van der Waals surface area contributed by atoms with Gasteiger partial charge in [0.25, 0.3) is 5.91 Å². The average molecular weight is 278 g/mol. The minimum absolute atomic E-state index is 0.0145. The molecule has 1 aromatic rings. The highest BCUT2D eigenvalue weighted by Gasteiger charge is 2.39. The van der Waals surface area contributed by atoms with E-state index in [0.717, 1.165) is 6.42 Å². The Morgan fingerprint density at radius 3 is 2.35 bits per heavy atom. The molecule has 0 aromatic heterocycles. The number of hydrogen-bond donors (Lipinski definition) is 2. The third kappa shape index (κ3) is 3.01. The molecule has 1 fully saturated rings. The number of carbonyl (C=O) groups excluding carboxylic acids is 2. The van der Waals surface area contributed by atoms with Gasteiger partial charge < -0.3 is 9.47 Å². The zero-order valence-electron chi connectivity index (χ0n) is 11.7. The van der Waals surface area contributed by atoms with Crippen molar-refractivity contribution in [3.63, 3.8) is 0 Å². The van der Waals surface area contributed by atoms with E-state index in [9.17, 15) is 9.59 Å². The monoisotopic (exact) mass is 278 g/mol. The van der Waals surface area contributed by atoms with Gasteiger partial charge in [-0.3, -0.25) is 20.4 Å². The Morgan fingerprint density at radius 2 is 1.80 bits per heavy atom. The van der Waals surface area contributed by atoms with E-state index in [2.05, 4.69) is 10.9 Å². The van der Waals surface area contributed by atoms with Gasteiger partial charge in [0.1, 0.15) is 0 Å². The summed E-state index contributed by atoms with van der Waals surface area (Å²) in [6, 6.07) is 4.79. The van der Waals surface area contributed by atoms with Crippen molar-refractivity contribution in [1.82, 2.24) is 10.9 Å². The van der Waals surface area contributed by atoms with Gasteiger partial charge in [-0.05, 0) is 30.5 Å². The van der Waals surface area contributed by atoms with Gasteiger partial charge in [-0.25, -0.2) is 0 Å². The quantitative estimate of drug-likeness (QED) is 0.809. The second kappa shape index (κ2) is 5.81. The Balaban J connectivity index is 1.96. The van der Waals surface area contributed by atoms with Crippen LogP contribution < -0.4 is 20.3 Å². The number of hydrogen-bond acceptors (Lipinski definition) is 4. The molecular formula is C14H18N2O4. The first-order chi connectivity index (χ1) is 9.56. The van der Waals surface area contributed by atoms with Crippen LogP contribution in [-0.2, 0) is 4.79 Å².